The Morgan fingerprint density at radius 3 is 2.10 bits per heavy atom. The molecule has 1 aliphatic rings. The van der Waals surface area contributed by atoms with E-state index in [1.807, 2.05) is 19.1 Å². The molecule has 3 rings (SSSR count). The van der Waals surface area contributed by atoms with Crippen LogP contribution in [0.1, 0.15) is 94.9 Å². The average Bonchev–Trinajstić information content (AvgIpc) is 3.03. The van der Waals surface area contributed by atoms with Gasteiger partial charge in [0.05, 0.1) is 29.0 Å². The fourth-order valence-electron chi connectivity index (χ4n) is 3.78. The number of ether oxygens (including phenoxy) is 1. The summed E-state index contributed by atoms with van der Waals surface area (Å²) in [5.74, 6) is -1.25. The van der Waals surface area contributed by atoms with E-state index in [2.05, 4.69) is 6.92 Å². The van der Waals surface area contributed by atoms with Gasteiger partial charge >= 0.3 is 5.97 Å². The van der Waals surface area contributed by atoms with Gasteiger partial charge in [-0.05, 0) is 43.7 Å². The predicted molar refractivity (Wildman–Crippen MR) is 122 cm³/mol. The van der Waals surface area contributed by atoms with Gasteiger partial charge in [0.1, 0.15) is 0 Å². The van der Waals surface area contributed by atoms with Crippen molar-refractivity contribution in [1.82, 2.24) is 0 Å². The molecule has 164 valence electrons. The molecule has 1 heterocycles. The second kappa shape index (κ2) is 10.9. The van der Waals surface area contributed by atoms with E-state index in [1.165, 1.54) is 44.2 Å². The molecule has 0 saturated heterocycles. The van der Waals surface area contributed by atoms with Crippen LogP contribution in [0, 0.1) is 6.92 Å². The first-order chi connectivity index (χ1) is 15.0. The average molecular weight is 422 g/mol. The molecule has 0 N–H and O–H groups in total. The van der Waals surface area contributed by atoms with Gasteiger partial charge < -0.3 is 4.74 Å². The second-order valence-electron chi connectivity index (χ2n) is 8.15. The van der Waals surface area contributed by atoms with Crippen LogP contribution in [0.15, 0.2) is 42.5 Å². The van der Waals surface area contributed by atoms with Gasteiger partial charge in [0.2, 0.25) is 0 Å². The fraction of sp³-hybridized carbons (Fsp3) is 0.423. The SMILES string of the molecule is CCCCCCCCCCOC(=O)c1ccc2c(c1)C(=O)N(c1ccc(C)cc1)C2=O. The first kappa shape index (κ1) is 22.7. The molecule has 5 nitrogen and oxygen atoms in total. The van der Waals surface area contributed by atoms with Gasteiger partial charge in [-0.1, -0.05) is 69.6 Å². The van der Waals surface area contributed by atoms with E-state index in [9.17, 15) is 14.4 Å². The lowest BCUT2D eigenvalue weighted by atomic mass is 10.1. The van der Waals surface area contributed by atoms with E-state index in [0.29, 0.717) is 23.4 Å². The third kappa shape index (κ3) is 5.60. The number of nitrogens with zero attached hydrogens (tertiary/aromatic N) is 1. The van der Waals surface area contributed by atoms with Crippen LogP contribution in [-0.4, -0.2) is 24.4 Å². The lowest BCUT2D eigenvalue weighted by molar-refractivity contribution is 0.0497. The molecule has 0 bridgehead atoms. The second-order valence-corrected chi connectivity index (χ2v) is 8.15. The molecule has 1 aliphatic heterocycles. The van der Waals surface area contributed by atoms with Crippen molar-refractivity contribution in [3.8, 4) is 0 Å². The molecule has 2 amide bonds. The number of anilines is 1. The Hall–Kier alpha value is -2.95. The van der Waals surface area contributed by atoms with Crippen LogP contribution in [0.3, 0.4) is 0 Å². The predicted octanol–water partition coefficient (Wildman–Crippen LogP) is 6.09. The van der Waals surface area contributed by atoms with Crippen molar-refractivity contribution in [3.05, 3.63) is 64.7 Å². The minimum Gasteiger partial charge on any atom is -0.462 e. The minimum atomic E-state index is -0.459. The Balaban J connectivity index is 1.53. The van der Waals surface area contributed by atoms with Crippen molar-refractivity contribution in [2.24, 2.45) is 0 Å². The highest BCUT2D eigenvalue weighted by Gasteiger charge is 2.37. The lowest BCUT2D eigenvalue weighted by Gasteiger charge is -2.13. The number of unbranched alkanes of at least 4 members (excludes halogenated alkanes) is 7. The molecule has 0 saturated carbocycles. The number of rotatable bonds is 11. The highest BCUT2D eigenvalue weighted by molar-refractivity contribution is 6.34. The zero-order valence-corrected chi connectivity index (χ0v) is 18.5. The van der Waals surface area contributed by atoms with Crippen molar-refractivity contribution in [1.29, 1.82) is 0 Å². The van der Waals surface area contributed by atoms with Crippen molar-refractivity contribution in [2.45, 2.75) is 65.2 Å². The zero-order chi connectivity index (χ0) is 22.2. The highest BCUT2D eigenvalue weighted by atomic mass is 16.5. The maximum atomic E-state index is 12.8. The maximum Gasteiger partial charge on any atom is 0.338 e. The van der Waals surface area contributed by atoms with E-state index < -0.39 is 11.9 Å². The van der Waals surface area contributed by atoms with Gasteiger partial charge in [-0.3, -0.25) is 9.59 Å². The van der Waals surface area contributed by atoms with Crippen LogP contribution in [0.4, 0.5) is 5.69 Å². The smallest absolute Gasteiger partial charge is 0.338 e. The van der Waals surface area contributed by atoms with Gasteiger partial charge in [0, 0.05) is 0 Å². The number of benzene rings is 2. The fourth-order valence-corrected chi connectivity index (χ4v) is 3.78. The summed E-state index contributed by atoms with van der Waals surface area (Å²) in [6.45, 7) is 4.52. The molecule has 0 aliphatic carbocycles. The van der Waals surface area contributed by atoms with Crippen molar-refractivity contribution >= 4 is 23.5 Å². The van der Waals surface area contributed by atoms with E-state index in [0.717, 1.165) is 29.7 Å². The number of amides is 2. The maximum absolute atomic E-state index is 12.8. The number of aryl methyl sites for hydroxylation is 1. The summed E-state index contributed by atoms with van der Waals surface area (Å²) in [5.41, 5.74) is 2.42. The molecule has 0 spiro atoms. The third-order valence-corrected chi connectivity index (χ3v) is 5.65. The van der Waals surface area contributed by atoms with Gasteiger partial charge in [0.25, 0.3) is 11.8 Å². The molecule has 31 heavy (non-hydrogen) atoms. The Morgan fingerprint density at radius 2 is 1.42 bits per heavy atom. The molecule has 2 aromatic rings. The number of fused-ring (bicyclic) bond motifs is 1. The Morgan fingerprint density at radius 1 is 0.806 bits per heavy atom. The van der Waals surface area contributed by atoms with Crippen LogP contribution < -0.4 is 4.90 Å². The number of imide groups is 1. The van der Waals surface area contributed by atoms with Crippen LogP contribution in [0.5, 0.6) is 0 Å². The van der Waals surface area contributed by atoms with E-state index >= 15 is 0 Å². The molecule has 0 fully saturated rings. The Labute approximate surface area is 184 Å². The van der Waals surface area contributed by atoms with Crippen molar-refractivity contribution in [2.75, 3.05) is 11.5 Å². The Kier molecular flexibility index (Phi) is 7.99. The molecule has 5 heteroatoms. The van der Waals surface area contributed by atoms with Crippen molar-refractivity contribution in [3.63, 3.8) is 0 Å². The van der Waals surface area contributed by atoms with Gasteiger partial charge in [-0.2, -0.15) is 0 Å². The summed E-state index contributed by atoms with van der Waals surface area (Å²) >= 11 is 0. The summed E-state index contributed by atoms with van der Waals surface area (Å²) < 4.78 is 5.37. The van der Waals surface area contributed by atoms with E-state index in [-0.39, 0.29) is 11.5 Å². The monoisotopic (exact) mass is 421 g/mol. The van der Waals surface area contributed by atoms with Gasteiger partial charge in [-0.15, -0.1) is 0 Å². The summed E-state index contributed by atoms with van der Waals surface area (Å²) in [6, 6.07) is 11.8. The van der Waals surface area contributed by atoms with Crippen LogP contribution in [0.25, 0.3) is 0 Å². The number of hydrogen-bond acceptors (Lipinski definition) is 4. The number of hydrogen-bond donors (Lipinski definition) is 0. The molecule has 0 unspecified atom stereocenters. The molecular formula is C26H31NO4. The molecular weight excluding hydrogens is 390 g/mol. The standard InChI is InChI=1S/C26H31NO4/c1-3-4-5-6-7-8-9-10-17-31-26(30)20-13-16-22-23(18-20)25(29)27(24(22)28)21-14-11-19(2)12-15-21/h11-16,18H,3-10,17H2,1-2H3. The van der Waals surface area contributed by atoms with Crippen LogP contribution in [-0.2, 0) is 4.74 Å². The third-order valence-electron chi connectivity index (χ3n) is 5.65. The Bertz CT molecular complexity index is 933. The van der Waals surface area contributed by atoms with Crippen LogP contribution >= 0.6 is 0 Å². The number of esters is 1. The quantitative estimate of drug-likeness (QED) is 0.250. The lowest BCUT2D eigenvalue weighted by Crippen LogP contribution is -2.29. The van der Waals surface area contributed by atoms with Gasteiger partial charge in [-0.25, -0.2) is 9.69 Å². The molecule has 0 atom stereocenters. The summed E-state index contributed by atoms with van der Waals surface area (Å²) in [6.07, 6.45) is 9.39. The summed E-state index contributed by atoms with van der Waals surface area (Å²) in [5, 5.41) is 0. The summed E-state index contributed by atoms with van der Waals surface area (Å²) in [7, 11) is 0. The molecule has 0 aromatic heterocycles. The van der Waals surface area contributed by atoms with Crippen LogP contribution in [0.2, 0.25) is 0 Å². The minimum absolute atomic E-state index is 0.243. The van der Waals surface area contributed by atoms with Gasteiger partial charge in [0.15, 0.2) is 0 Å². The highest BCUT2D eigenvalue weighted by Crippen LogP contribution is 2.29. The zero-order valence-electron chi connectivity index (χ0n) is 18.5. The normalized spacial score (nSPS) is 12.9. The molecule has 2 aromatic carbocycles. The van der Waals surface area contributed by atoms with E-state index in [1.54, 1.807) is 18.2 Å². The first-order valence-electron chi connectivity index (χ1n) is 11.3. The number of carbonyl (C=O) groups is 3. The van der Waals surface area contributed by atoms with E-state index in [4.69, 9.17) is 4.74 Å². The van der Waals surface area contributed by atoms with Crippen molar-refractivity contribution < 1.29 is 19.1 Å². The topological polar surface area (TPSA) is 63.7 Å². The molecule has 0 radical (unpaired) electrons. The summed E-state index contributed by atoms with van der Waals surface area (Å²) in [4.78, 5) is 39.1. The number of carbonyl (C=O) groups excluding carboxylic acids is 3. The largest absolute Gasteiger partial charge is 0.462 e. The first-order valence-corrected chi connectivity index (χ1v) is 11.3.